The Labute approximate surface area is 92.7 Å². The Bertz CT molecular complexity index is 503. The SMILES string of the molecule is Oc1cccn2c(C3CNCCO3)ncc12. The summed E-state index contributed by atoms with van der Waals surface area (Å²) in [7, 11) is 0. The predicted octanol–water partition coefficient (Wildman–Crippen LogP) is 0.701. The van der Waals surface area contributed by atoms with Crippen molar-refractivity contribution in [2.24, 2.45) is 0 Å². The first-order chi connectivity index (χ1) is 7.86. The van der Waals surface area contributed by atoms with Crippen LogP contribution >= 0.6 is 0 Å². The second-order valence-corrected chi connectivity index (χ2v) is 3.83. The van der Waals surface area contributed by atoms with Gasteiger partial charge >= 0.3 is 0 Å². The molecule has 5 heteroatoms. The minimum Gasteiger partial charge on any atom is -0.506 e. The number of fused-ring (bicyclic) bond motifs is 1. The van der Waals surface area contributed by atoms with Crippen LogP contribution in [0.5, 0.6) is 5.75 Å². The molecular weight excluding hydrogens is 206 g/mol. The van der Waals surface area contributed by atoms with E-state index in [9.17, 15) is 5.11 Å². The molecule has 3 rings (SSSR count). The summed E-state index contributed by atoms with van der Waals surface area (Å²) in [5.74, 6) is 1.07. The fourth-order valence-electron chi connectivity index (χ4n) is 2.00. The van der Waals surface area contributed by atoms with Crippen LogP contribution in [-0.4, -0.2) is 34.2 Å². The number of aromatic hydroxyl groups is 1. The van der Waals surface area contributed by atoms with Gasteiger partial charge < -0.3 is 15.2 Å². The topological polar surface area (TPSA) is 58.8 Å². The van der Waals surface area contributed by atoms with E-state index in [1.54, 1.807) is 18.3 Å². The monoisotopic (exact) mass is 219 g/mol. The molecule has 1 saturated heterocycles. The molecule has 3 heterocycles. The average molecular weight is 219 g/mol. The number of ether oxygens (including phenoxy) is 1. The van der Waals surface area contributed by atoms with Gasteiger partial charge in [0.2, 0.25) is 0 Å². The molecule has 0 amide bonds. The molecule has 0 radical (unpaired) electrons. The van der Waals surface area contributed by atoms with E-state index < -0.39 is 0 Å². The van der Waals surface area contributed by atoms with E-state index in [1.807, 2.05) is 10.6 Å². The Morgan fingerprint density at radius 2 is 2.50 bits per heavy atom. The lowest BCUT2D eigenvalue weighted by molar-refractivity contribution is 0.0218. The van der Waals surface area contributed by atoms with Crippen LogP contribution in [0.25, 0.3) is 5.52 Å². The molecule has 1 aliphatic heterocycles. The van der Waals surface area contributed by atoms with Crippen LogP contribution in [0.1, 0.15) is 11.9 Å². The van der Waals surface area contributed by atoms with E-state index >= 15 is 0 Å². The van der Waals surface area contributed by atoms with Gasteiger partial charge in [-0.1, -0.05) is 0 Å². The molecule has 1 fully saturated rings. The lowest BCUT2D eigenvalue weighted by Gasteiger charge is -2.22. The zero-order valence-electron chi connectivity index (χ0n) is 8.76. The third kappa shape index (κ3) is 1.45. The van der Waals surface area contributed by atoms with Crippen molar-refractivity contribution in [3.63, 3.8) is 0 Å². The standard InChI is InChI=1S/C11H13N3O2/c15-9-2-1-4-14-8(9)6-13-11(14)10-7-12-3-5-16-10/h1-2,4,6,10,12,15H,3,5,7H2. The molecule has 2 N–H and O–H groups in total. The van der Waals surface area contributed by atoms with Crippen molar-refractivity contribution in [3.8, 4) is 5.75 Å². The molecule has 0 aromatic carbocycles. The van der Waals surface area contributed by atoms with E-state index in [2.05, 4.69) is 10.3 Å². The van der Waals surface area contributed by atoms with Crippen LogP contribution in [0.3, 0.4) is 0 Å². The number of imidazole rings is 1. The minimum atomic E-state index is -0.0435. The van der Waals surface area contributed by atoms with Gasteiger partial charge in [0.25, 0.3) is 0 Å². The van der Waals surface area contributed by atoms with Crippen molar-refractivity contribution in [2.75, 3.05) is 19.7 Å². The molecule has 1 atom stereocenters. The maximum absolute atomic E-state index is 9.67. The number of hydrogen-bond donors (Lipinski definition) is 2. The lowest BCUT2D eigenvalue weighted by atomic mass is 10.3. The third-order valence-corrected chi connectivity index (χ3v) is 2.79. The van der Waals surface area contributed by atoms with Crippen LogP contribution in [0.15, 0.2) is 24.5 Å². The Morgan fingerprint density at radius 3 is 3.31 bits per heavy atom. The van der Waals surface area contributed by atoms with Crippen LogP contribution in [-0.2, 0) is 4.74 Å². The van der Waals surface area contributed by atoms with Gasteiger partial charge in [0.15, 0.2) is 0 Å². The van der Waals surface area contributed by atoms with Gasteiger partial charge in [-0.25, -0.2) is 4.98 Å². The molecule has 0 aliphatic carbocycles. The smallest absolute Gasteiger partial charge is 0.143 e. The molecule has 0 spiro atoms. The summed E-state index contributed by atoms with van der Waals surface area (Å²) < 4.78 is 7.51. The molecule has 0 bridgehead atoms. The maximum atomic E-state index is 9.67. The zero-order chi connectivity index (χ0) is 11.0. The van der Waals surface area contributed by atoms with Crippen LogP contribution in [0.2, 0.25) is 0 Å². The zero-order valence-corrected chi connectivity index (χ0v) is 8.76. The van der Waals surface area contributed by atoms with Gasteiger partial charge in [-0.05, 0) is 12.1 Å². The van der Waals surface area contributed by atoms with Crippen molar-refractivity contribution in [1.82, 2.24) is 14.7 Å². The van der Waals surface area contributed by atoms with E-state index in [-0.39, 0.29) is 11.9 Å². The fourth-order valence-corrected chi connectivity index (χ4v) is 2.00. The lowest BCUT2D eigenvalue weighted by Crippen LogP contribution is -2.34. The summed E-state index contributed by atoms with van der Waals surface area (Å²) in [6.45, 7) is 2.33. The largest absolute Gasteiger partial charge is 0.506 e. The van der Waals surface area contributed by atoms with Gasteiger partial charge in [0.1, 0.15) is 23.2 Å². The number of rotatable bonds is 1. The summed E-state index contributed by atoms with van der Waals surface area (Å²) in [6.07, 6.45) is 3.51. The summed E-state index contributed by atoms with van der Waals surface area (Å²) in [4.78, 5) is 4.32. The van der Waals surface area contributed by atoms with E-state index in [0.717, 1.165) is 18.9 Å². The first kappa shape index (κ1) is 9.62. The van der Waals surface area contributed by atoms with Gasteiger partial charge in [-0.3, -0.25) is 4.40 Å². The minimum absolute atomic E-state index is 0.0435. The van der Waals surface area contributed by atoms with E-state index in [0.29, 0.717) is 12.1 Å². The predicted molar refractivity (Wildman–Crippen MR) is 58.4 cm³/mol. The first-order valence-corrected chi connectivity index (χ1v) is 5.33. The highest BCUT2D eigenvalue weighted by Gasteiger charge is 2.20. The third-order valence-electron chi connectivity index (χ3n) is 2.79. The average Bonchev–Trinajstić information content (AvgIpc) is 2.75. The quantitative estimate of drug-likeness (QED) is 0.741. The summed E-state index contributed by atoms with van der Waals surface area (Å²) in [5.41, 5.74) is 0.715. The van der Waals surface area contributed by atoms with Gasteiger partial charge in [-0.2, -0.15) is 0 Å². The number of nitrogens with one attached hydrogen (secondary N) is 1. The van der Waals surface area contributed by atoms with Gasteiger partial charge in [-0.15, -0.1) is 0 Å². The normalized spacial score (nSPS) is 21.4. The second kappa shape index (κ2) is 3.77. The second-order valence-electron chi connectivity index (χ2n) is 3.83. The van der Waals surface area contributed by atoms with E-state index in [1.165, 1.54) is 0 Å². The summed E-state index contributed by atoms with van der Waals surface area (Å²) >= 11 is 0. The molecule has 0 saturated carbocycles. The molecule has 16 heavy (non-hydrogen) atoms. The number of nitrogens with zero attached hydrogens (tertiary/aromatic N) is 2. The number of aromatic nitrogens is 2. The fraction of sp³-hybridized carbons (Fsp3) is 0.364. The van der Waals surface area contributed by atoms with Crippen LogP contribution in [0, 0.1) is 0 Å². The number of pyridine rings is 1. The molecule has 5 nitrogen and oxygen atoms in total. The van der Waals surface area contributed by atoms with Crippen LogP contribution < -0.4 is 5.32 Å². The Morgan fingerprint density at radius 1 is 1.56 bits per heavy atom. The van der Waals surface area contributed by atoms with Crippen molar-refractivity contribution in [3.05, 3.63) is 30.4 Å². The van der Waals surface area contributed by atoms with Crippen LogP contribution in [0.4, 0.5) is 0 Å². The Balaban J connectivity index is 2.06. The Kier molecular flexibility index (Phi) is 2.27. The van der Waals surface area contributed by atoms with Crippen molar-refractivity contribution < 1.29 is 9.84 Å². The number of hydrogen-bond acceptors (Lipinski definition) is 4. The van der Waals surface area contributed by atoms with Gasteiger partial charge in [0.05, 0.1) is 12.8 Å². The highest BCUT2D eigenvalue weighted by atomic mass is 16.5. The van der Waals surface area contributed by atoms with E-state index in [4.69, 9.17) is 4.74 Å². The molecule has 2 aromatic rings. The summed E-state index contributed by atoms with van der Waals surface area (Å²) in [6, 6.07) is 3.45. The molecule has 1 aliphatic rings. The molecule has 2 aromatic heterocycles. The highest BCUT2D eigenvalue weighted by Crippen LogP contribution is 2.23. The Hall–Kier alpha value is -1.59. The molecular formula is C11H13N3O2. The first-order valence-electron chi connectivity index (χ1n) is 5.33. The van der Waals surface area contributed by atoms with Crippen molar-refractivity contribution in [2.45, 2.75) is 6.10 Å². The molecule has 84 valence electrons. The summed E-state index contributed by atoms with van der Waals surface area (Å²) in [5, 5.41) is 12.9. The van der Waals surface area contributed by atoms with Gasteiger partial charge in [0, 0.05) is 19.3 Å². The maximum Gasteiger partial charge on any atom is 0.143 e. The highest BCUT2D eigenvalue weighted by molar-refractivity contribution is 5.58. The molecule has 1 unspecified atom stereocenters. The number of morpholine rings is 1. The van der Waals surface area contributed by atoms with Crippen molar-refractivity contribution >= 4 is 5.52 Å². The van der Waals surface area contributed by atoms with Crippen molar-refractivity contribution in [1.29, 1.82) is 0 Å².